The quantitative estimate of drug-likeness (QED) is 0.666. The number of hydrogen-bond donors (Lipinski definition) is 1. The predicted molar refractivity (Wildman–Crippen MR) is 61.6 cm³/mol. The zero-order valence-electron chi connectivity index (χ0n) is 9.82. The van der Waals surface area contributed by atoms with E-state index >= 15 is 0 Å². The van der Waals surface area contributed by atoms with Crippen LogP contribution < -0.4 is 5.32 Å². The Hall–Kier alpha value is -0.900. The second-order valence-corrected chi connectivity index (χ2v) is 4.02. The fraction of sp³-hybridized carbons (Fsp3) is 0.818. The third-order valence-electron chi connectivity index (χ3n) is 2.52. The first-order valence-corrected chi connectivity index (χ1v) is 5.90. The van der Waals surface area contributed by atoms with Crippen LogP contribution in [0.1, 0.15) is 39.5 Å². The van der Waals surface area contributed by atoms with Gasteiger partial charge in [0.15, 0.2) is 0 Å². The van der Waals surface area contributed by atoms with Crippen LogP contribution in [0.4, 0.5) is 0 Å². The maximum atomic E-state index is 3.92. The Morgan fingerprint density at radius 3 is 2.93 bits per heavy atom. The first-order valence-electron chi connectivity index (χ1n) is 5.90. The summed E-state index contributed by atoms with van der Waals surface area (Å²) < 4.78 is 1.87. The topological polar surface area (TPSA) is 42.7 Å². The number of rotatable bonds is 8. The maximum Gasteiger partial charge on any atom is 0.0692 e. The standard InChI is InChI=1S/C11H22N4/c1-3-4-6-11(2)12-7-5-9-15-10-8-13-14-15/h8,10-12H,3-7,9H2,1-2H3. The van der Waals surface area contributed by atoms with Gasteiger partial charge in [0.25, 0.3) is 0 Å². The van der Waals surface area contributed by atoms with Crippen molar-refractivity contribution in [1.82, 2.24) is 20.3 Å². The van der Waals surface area contributed by atoms with Gasteiger partial charge in [0.05, 0.1) is 6.20 Å². The molecule has 1 unspecified atom stereocenters. The van der Waals surface area contributed by atoms with Crippen LogP contribution in [0.3, 0.4) is 0 Å². The van der Waals surface area contributed by atoms with E-state index in [4.69, 9.17) is 0 Å². The second kappa shape index (κ2) is 7.40. The first-order chi connectivity index (χ1) is 7.33. The first kappa shape index (κ1) is 12.2. The van der Waals surface area contributed by atoms with Crippen LogP contribution in [-0.2, 0) is 6.54 Å². The lowest BCUT2D eigenvalue weighted by Crippen LogP contribution is -2.27. The third kappa shape index (κ3) is 5.52. The Morgan fingerprint density at radius 2 is 2.27 bits per heavy atom. The van der Waals surface area contributed by atoms with Gasteiger partial charge in [0.1, 0.15) is 0 Å². The molecular formula is C11H22N4. The molecule has 1 rings (SSSR count). The van der Waals surface area contributed by atoms with Crippen molar-refractivity contribution in [2.75, 3.05) is 6.54 Å². The van der Waals surface area contributed by atoms with Crippen LogP contribution in [0.15, 0.2) is 12.4 Å². The summed E-state index contributed by atoms with van der Waals surface area (Å²) in [5.74, 6) is 0. The molecule has 0 saturated heterocycles. The van der Waals surface area contributed by atoms with Gasteiger partial charge in [0.2, 0.25) is 0 Å². The summed E-state index contributed by atoms with van der Waals surface area (Å²) in [6.07, 6.45) is 8.61. The molecule has 1 heterocycles. The largest absolute Gasteiger partial charge is 0.314 e. The molecule has 86 valence electrons. The van der Waals surface area contributed by atoms with Crippen molar-refractivity contribution in [1.29, 1.82) is 0 Å². The van der Waals surface area contributed by atoms with Crippen LogP contribution in [0.25, 0.3) is 0 Å². The van der Waals surface area contributed by atoms with E-state index in [1.54, 1.807) is 6.20 Å². The number of unbranched alkanes of at least 4 members (excludes halogenated alkanes) is 1. The van der Waals surface area contributed by atoms with Gasteiger partial charge in [-0.2, -0.15) is 0 Å². The Balaban J connectivity index is 1.97. The zero-order valence-corrected chi connectivity index (χ0v) is 9.82. The van der Waals surface area contributed by atoms with Gasteiger partial charge in [-0.3, -0.25) is 4.68 Å². The van der Waals surface area contributed by atoms with Crippen molar-refractivity contribution in [3.63, 3.8) is 0 Å². The van der Waals surface area contributed by atoms with Crippen LogP contribution >= 0.6 is 0 Å². The number of nitrogens with zero attached hydrogens (tertiary/aromatic N) is 3. The molecule has 0 spiro atoms. The molecule has 4 nitrogen and oxygen atoms in total. The molecule has 0 bridgehead atoms. The molecule has 1 aromatic rings. The summed E-state index contributed by atoms with van der Waals surface area (Å²) in [7, 11) is 0. The molecule has 1 atom stereocenters. The lowest BCUT2D eigenvalue weighted by atomic mass is 10.1. The van der Waals surface area contributed by atoms with E-state index in [1.807, 2.05) is 10.9 Å². The fourth-order valence-electron chi connectivity index (χ4n) is 1.55. The molecule has 1 N–H and O–H groups in total. The molecule has 0 fully saturated rings. The highest BCUT2D eigenvalue weighted by Crippen LogP contribution is 1.99. The smallest absolute Gasteiger partial charge is 0.0692 e. The van der Waals surface area contributed by atoms with Crippen LogP contribution in [-0.4, -0.2) is 27.6 Å². The zero-order chi connectivity index (χ0) is 10.9. The number of hydrogen-bond acceptors (Lipinski definition) is 3. The summed E-state index contributed by atoms with van der Waals surface area (Å²) in [5, 5.41) is 11.2. The molecule has 15 heavy (non-hydrogen) atoms. The van der Waals surface area contributed by atoms with Gasteiger partial charge >= 0.3 is 0 Å². The van der Waals surface area contributed by atoms with Gasteiger partial charge in [-0.05, 0) is 26.3 Å². The summed E-state index contributed by atoms with van der Waals surface area (Å²) in [4.78, 5) is 0. The molecular weight excluding hydrogens is 188 g/mol. The van der Waals surface area contributed by atoms with Gasteiger partial charge < -0.3 is 5.32 Å². The number of aryl methyl sites for hydroxylation is 1. The highest BCUT2D eigenvalue weighted by molar-refractivity contribution is 4.65. The van der Waals surface area contributed by atoms with Gasteiger partial charge in [-0.25, -0.2) is 0 Å². The highest BCUT2D eigenvalue weighted by Gasteiger charge is 1.99. The number of aromatic nitrogens is 3. The van der Waals surface area contributed by atoms with E-state index in [0.29, 0.717) is 6.04 Å². The molecule has 0 aromatic carbocycles. The van der Waals surface area contributed by atoms with E-state index in [1.165, 1.54) is 19.3 Å². The average molecular weight is 210 g/mol. The Bertz CT molecular complexity index is 233. The maximum absolute atomic E-state index is 3.92. The summed E-state index contributed by atoms with van der Waals surface area (Å²) in [5.41, 5.74) is 0. The molecule has 0 radical (unpaired) electrons. The van der Waals surface area contributed by atoms with Crippen LogP contribution in [0, 0.1) is 0 Å². The van der Waals surface area contributed by atoms with Crippen LogP contribution in [0.5, 0.6) is 0 Å². The molecule has 0 aliphatic heterocycles. The fourth-order valence-corrected chi connectivity index (χ4v) is 1.55. The Labute approximate surface area is 92.1 Å². The van der Waals surface area contributed by atoms with Crippen molar-refractivity contribution in [2.45, 2.75) is 52.1 Å². The minimum Gasteiger partial charge on any atom is -0.314 e. The van der Waals surface area contributed by atoms with E-state index in [0.717, 1.165) is 19.5 Å². The normalized spacial score (nSPS) is 12.9. The van der Waals surface area contributed by atoms with Crippen molar-refractivity contribution in [2.24, 2.45) is 0 Å². The summed E-state index contributed by atoms with van der Waals surface area (Å²) >= 11 is 0. The van der Waals surface area contributed by atoms with Crippen molar-refractivity contribution >= 4 is 0 Å². The van der Waals surface area contributed by atoms with E-state index in [9.17, 15) is 0 Å². The Morgan fingerprint density at radius 1 is 1.40 bits per heavy atom. The lowest BCUT2D eigenvalue weighted by Gasteiger charge is -2.12. The van der Waals surface area contributed by atoms with Crippen LogP contribution in [0.2, 0.25) is 0 Å². The minimum absolute atomic E-state index is 0.640. The molecule has 0 aliphatic rings. The average Bonchev–Trinajstić information content (AvgIpc) is 2.74. The van der Waals surface area contributed by atoms with Crippen molar-refractivity contribution in [3.8, 4) is 0 Å². The predicted octanol–water partition coefficient (Wildman–Crippen LogP) is 1.84. The SMILES string of the molecule is CCCCC(C)NCCCn1ccnn1. The molecule has 4 heteroatoms. The van der Waals surface area contributed by atoms with Crippen molar-refractivity contribution < 1.29 is 0 Å². The van der Waals surface area contributed by atoms with Gasteiger partial charge in [-0.1, -0.05) is 25.0 Å². The van der Waals surface area contributed by atoms with Crippen molar-refractivity contribution in [3.05, 3.63) is 12.4 Å². The Kier molecular flexibility index (Phi) is 6.00. The summed E-state index contributed by atoms with van der Waals surface area (Å²) in [6.45, 7) is 6.50. The third-order valence-corrected chi connectivity index (χ3v) is 2.52. The van der Waals surface area contributed by atoms with Gasteiger partial charge in [0, 0.05) is 18.8 Å². The minimum atomic E-state index is 0.640. The van der Waals surface area contributed by atoms with E-state index in [2.05, 4.69) is 29.5 Å². The molecule has 0 saturated carbocycles. The summed E-state index contributed by atoms with van der Waals surface area (Å²) in [6, 6.07) is 0.640. The van der Waals surface area contributed by atoms with E-state index < -0.39 is 0 Å². The molecule has 1 aromatic heterocycles. The van der Waals surface area contributed by atoms with E-state index in [-0.39, 0.29) is 0 Å². The molecule has 0 aliphatic carbocycles. The lowest BCUT2D eigenvalue weighted by molar-refractivity contribution is 0.464. The number of nitrogens with one attached hydrogen (secondary N) is 1. The van der Waals surface area contributed by atoms with Gasteiger partial charge in [-0.15, -0.1) is 5.10 Å². The second-order valence-electron chi connectivity index (χ2n) is 4.02. The molecule has 0 amide bonds. The highest BCUT2D eigenvalue weighted by atomic mass is 15.4. The monoisotopic (exact) mass is 210 g/mol.